The van der Waals surface area contributed by atoms with Crippen LogP contribution in [0.15, 0.2) is 0 Å². The van der Waals surface area contributed by atoms with Gasteiger partial charge in [-0.05, 0) is 65.7 Å². The Morgan fingerprint density at radius 3 is 1.21 bits per heavy atom. The van der Waals surface area contributed by atoms with Gasteiger partial charge in [-0.2, -0.15) is 0 Å². The molecule has 0 radical (unpaired) electrons. The lowest BCUT2D eigenvalue weighted by molar-refractivity contribution is -0.00000527. The van der Waals surface area contributed by atoms with E-state index in [-0.39, 0.29) is 17.0 Å². The van der Waals surface area contributed by atoms with Gasteiger partial charge in [0.15, 0.2) is 0 Å². The van der Waals surface area contributed by atoms with Crippen molar-refractivity contribution in [3.63, 3.8) is 0 Å². The molecule has 0 saturated carbocycles. The molecule has 0 amide bonds. The molecular weight excluding hydrogens is 315 g/mol. The SMILES string of the molecule is CC(C)(C)C1CC[P+](C(C)(C)C)(C(C)(C)C)CC1.[Br-]. The molecular formula is C17H36BrP. The van der Waals surface area contributed by atoms with Gasteiger partial charge in [0.2, 0.25) is 0 Å². The van der Waals surface area contributed by atoms with Gasteiger partial charge in [0.05, 0.1) is 22.6 Å². The normalized spacial score (nSPS) is 21.9. The quantitative estimate of drug-likeness (QED) is 0.589. The Kier molecular flexibility index (Phi) is 6.24. The Bertz CT molecular complexity index is 264. The molecule has 19 heavy (non-hydrogen) atoms. The highest BCUT2D eigenvalue weighted by molar-refractivity contribution is 7.78. The summed E-state index contributed by atoms with van der Waals surface area (Å²) >= 11 is 0. The van der Waals surface area contributed by atoms with E-state index in [0.29, 0.717) is 15.7 Å². The number of hydrogen-bond donors (Lipinski definition) is 0. The fourth-order valence-electron chi connectivity index (χ4n) is 4.22. The zero-order chi connectivity index (χ0) is 14.4. The van der Waals surface area contributed by atoms with Crippen molar-refractivity contribution in [2.75, 3.05) is 12.3 Å². The van der Waals surface area contributed by atoms with Crippen LogP contribution in [0.1, 0.15) is 75.2 Å². The number of halogens is 1. The van der Waals surface area contributed by atoms with Gasteiger partial charge in [-0.15, -0.1) is 0 Å². The maximum Gasteiger partial charge on any atom is 0.0720 e. The minimum absolute atomic E-state index is 0. The second-order valence-corrected chi connectivity index (χ2v) is 14.9. The molecule has 1 aliphatic heterocycles. The van der Waals surface area contributed by atoms with Gasteiger partial charge in [0.25, 0.3) is 0 Å². The van der Waals surface area contributed by atoms with E-state index < -0.39 is 7.26 Å². The van der Waals surface area contributed by atoms with E-state index in [4.69, 9.17) is 0 Å². The highest BCUT2D eigenvalue weighted by Crippen LogP contribution is 2.79. The van der Waals surface area contributed by atoms with Gasteiger partial charge in [0.1, 0.15) is 0 Å². The first-order valence-corrected chi connectivity index (χ1v) is 9.84. The average molecular weight is 351 g/mol. The van der Waals surface area contributed by atoms with Gasteiger partial charge >= 0.3 is 0 Å². The van der Waals surface area contributed by atoms with E-state index >= 15 is 0 Å². The third-order valence-electron chi connectivity index (χ3n) is 5.51. The van der Waals surface area contributed by atoms with Crippen LogP contribution in [0.4, 0.5) is 0 Å². The van der Waals surface area contributed by atoms with Crippen molar-refractivity contribution in [1.29, 1.82) is 0 Å². The van der Waals surface area contributed by atoms with Crippen LogP contribution >= 0.6 is 7.26 Å². The largest absolute Gasteiger partial charge is 1.00 e. The summed E-state index contributed by atoms with van der Waals surface area (Å²) in [7, 11) is -0.865. The first kappa shape index (κ1) is 19.9. The molecule has 0 aliphatic carbocycles. The van der Waals surface area contributed by atoms with Crippen molar-refractivity contribution in [3.8, 4) is 0 Å². The molecule has 2 heteroatoms. The Labute approximate surface area is 133 Å². The molecule has 0 aromatic rings. The summed E-state index contributed by atoms with van der Waals surface area (Å²) in [6, 6.07) is 0. The van der Waals surface area contributed by atoms with Crippen LogP contribution in [0.25, 0.3) is 0 Å². The summed E-state index contributed by atoms with van der Waals surface area (Å²) in [5.74, 6) is 0.940. The van der Waals surface area contributed by atoms with E-state index in [0.717, 1.165) is 5.92 Å². The molecule has 1 heterocycles. The molecule has 0 aromatic carbocycles. The average Bonchev–Trinajstić information content (AvgIpc) is 2.13. The van der Waals surface area contributed by atoms with Gasteiger partial charge in [0, 0.05) is 7.26 Å². The summed E-state index contributed by atoms with van der Waals surface area (Å²) in [5, 5.41) is 1.04. The van der Waals surface area contributed by atoms with Gasteiger partial charge in [-0.25, -0.2) is 0 Å². The minimum Gasteiger partial charge on any atom is -1.00 e. The highest BCUT2D eigenvalue weighted by atomic mass is 79.9. The van der Waals surface area contributed by atoms with Crippen LogP contribution in [0.5, 0.6) is 0 Å². The topological polar surface area (TPSA) is 0 Å². The van der Waals surface area contributed by atoms with E-state index in [2.05, 4.69) is 62.3 Å². The number of hydrogen-bond acceptors (Lipinski definition) is 0. The molecule has 1 aliphatic rings. The summed E-state index contributed by atoms with van der Waals surface area (Å²) in [5.41, 5.74) is 0.506. The Hall–Kier alpha value is 0.910. The predicted molar refractivity (Wildman–Crippen MR) is 88.3 cm³/mol. The lowest BCUT2D eigenvalue weighted by Gasteiger charge is -2.52. The Balaban J connectivity index is 0.00000324. The van der Waals surface area contributed by atoms with Crippen molar-refractivity contribution in [3.05, 3.63) is 0 Å². The summed E-state index contributed by atoms with van der Waals surface area (Å²) in [6.45, 7) is 22.3. The first-order chi connectivity index (χ1) is 7.81. The molecule has 0 N–H and O–H groups in total. The summed E-state index contributed by atoms with van der Waals surface area (Å²) < 4.78 is 0. The predicted octanol–water partition coefficient (Wildman–Crippen LogP) is 3.06. The van der Waals surface area contributed by atoms with Crippen molar-refractivity contribution in [2.45, 2.75) is 85.5 Å². The van der Waals surface area contributed by atoms with Crippen molar-refractivity contribution < 1.29 is 17.0 Å². The standard InChI is InChI=1S/C17H36P.BrH/c1-15(2,3)14-10-12-18(13-11-14,16(4,5)6)17(7,8)9;/h14H,10-13H2,1-9H3;1H/q+1;/p-1. The molecule has 1 saturated heterocycles. The second-order valence-electron chi connectivity index (χ2n) is 9.40. The second kappa shape index (κ2) is 5.96. The van der Waals surface area contributed by atoms with E-state index in [1.807, 2.05) is 0 Å². The zero-order valence-corrected chi connectivity index (χ0v) is 17.2. The van der Waals surface area contributed by atoms with E-state index in [1.54, 1.807) is 0 Å². The molecule has 1 rings (SSSR count). The molecule has 0 aromatic heterocycles. The Morgan fingerprint density at radius 1 is 0.684 bits per heavy atom. The molecule has 0 spiro atoms. The van der Waals surface area contributed by atoms with Crippen LogP contribution in [0, 0.1) is 11.3 Å². The molecule has 0 nitrogen and oxygen atoms in total. The van der Waals surface area contributed by atoms with Crippen LogP contribution in [-0.4, -0.2) is 22.6 Å². The van der Waals surface area contributed by atoms with Crippen molar-refractivity contribution in [2.24, 2.45) is 11.3 Å². The Morgan fingerprint density at radius 2 is 1.00 bits per heavy atom. The lowest BCUT2D eigenvalue weighted by atomic mass is 9.77. The van der Waals surface area contributed by atoms with Crippen LogP contribution in [0.2, 0.25) is 0 Å². The number of rotatable bonds is 0. The molecule has 0 unspecified atom stereocenters. The van der Waals surface area contributed by atoms with Gasteiger partial charge in [-0.1, -0.05) is 20.8 Å². The maximum atomic E-state index is 2.50. The third kappa shape index (κ3) is 3.97. The van der Waals surface area contributed by atoms with E-state index in [1.165, 1.54) is 25.2 Å². The fraction of sp³-hybridized carbons (Fsp3) is 1.00. The highest BCUT2D eigenvalue weighted by Gasteiger charge is 2.58. The zero-order valence-electron chi connectivity index (χ0n) is 14.7. The summed E-state index contributed by atoms with van der Waals surface area (Å²) in [4.78, 5) is 0. The summed E-state index contributed by atoms with van der Waals surface area (Å²) in [6.07, 6.45) is 5.96. The van der Waals surface area contributed by atoms with E-state index in [9.17, 15) is 0 Å². The van der Waals surface area contributed by atoms with Gasteiger partial charge in [-0.3, -0.25) is 0 Å². The third-order valence-corrected chi connectivity index (χ3v) is 12.7. The smallest absolute Gasteiger partial charge is 0.0720 e. The van der Waals surface area contributed by atoms with Crippen LogP contribution in [0.3, 0.4) is 0 Å². The molecule has 0 atom stereocenters. The van der Waals surface area contributed by atoms with Crippen LogP contribution < -0.4 is 17.0 Å². The van der Waals surface area contributed by atoms with Crippen LogP contribution in [-0.2, 0) is 0 Å². The monoisotopic (exact) mass is 350 g/mol. The maximum absolute atomic E-state index is 2.50. The lowest BCUT2D eigenvalue weighted by Crippen LogP contribution is -3.00. The molecule has 116 valence electrons. The molecule has 1 fully saturated rings. The molecule has 0 bridgehead atoms. The van der Waals surface area contributed by atoms with Gasteiger partial charge < -0.3 is 17.0 Å². The fourth-order valence-corrected chi connectivity index (χ4v) is 10.6. The van der Waals surface area contributed by atoms with Crippen molar-refractivity contribution in [1.82, 2.24) is 0 Å². The minimum atomic E-state index is -0.865. The van der Waals surface area contributed by atoms with Crippen molar-refractivity contribution >= 4 is 7.26 Å². The first-order valence-electron chi connectivity index (χ1n) is 7.68.